The number of hydrogen-bond donors (Lipinski definition) is 0. The van der Waals surface area contributed by atoms with E-state index in [9.17, 15) is 23.2 Å². The summed E-state index contributed by atoms with van der Waals surface area (Å²) in [6.45, 7) is 2.92. The van der Waals surface area contributed by atoms with Crippen molar-refractivity contribution in [3.05, 3.63) is 41.6 Å². The van der Waals surface area contributed by atoms with Crippen molar-refractivity contribution < 1.29 is 26.8 Å². The van der Waals surface area contributed by atoms with Crippen molar-refractivity contribution >= 4 is 22.5 Å². The number of aromatic nitrogens is 4. The summed E-state index contributed by atoms with van der Waals surface area (Å²) in [5.74, 6) is -1.43. The fourth-order valence-corrected chi connectivity index (χ4v) is 5.15. The Labute approximate surface area is 209 Å². The third-order valence-electron chi connectivity index (χ3n) is 6.91. The molecule has 0 spiro atoms. The van der Waals surface area contributed by atoms with Gasteiger partial charge in [-0.25, -0.2) is 0 Å². The van der Waals surface area contributed by atoms with Gasteiger partial charge in [0.25, 0.3) is 0 Å². The summed E-state index contributed by atoms with van der Waals surface area (Å²) in [5, 5.41) is 17.4. The van der Waals surface area contributed by atoms with Crippen LogP contribution in [0.5, 0.6) is 5.75 Å². The van der Waals surface area contributed by atoms with E-state index in [4.69, 9.17) is 8.85 Å². The van der Waals surface area contributed by atoms with E-state index in [2.05, 4.69) is 21.3 Å². The Morgan fingerprint density at radius 3 is 2.83 bits per heavy atom. The lowest BCUT2D eigenvalue weighted by atomic mass is 9.85. The number of hydrogen-bond acceptors (Lipinski definition) is 7. The number of ether oxygens (including phenoxy) is 1. The standard InChI is InChI=1S/C24H24F3N7O2/c1-14-12-32(21-15(10-28)11-29-19-9-16(36-2)3-4-18(19)21)6-5-17(14)22(35)33-7-8-34-20(13-33)30-31-23(34)24(25,26)27/h3-4,9,11,14,17H,5-8,12-13H2,1-2H3/t14-,17+/m1/s1/i2D3. The number of anilines is 1. The van der Waals surface area contributed by atoms with Crippen LogP contribution >= 0.6 is 0 Å². The van der Waals surface area contributed by atoms with Crippen LogP contribution in [0.3, 0.4) is 0 Å². The quantitative estimate of drug-likeness (QED) is 0.542. The number of methoxy groups -OCH3 is 1. The van der Waals surface area contributed by atoms with Gasteiger partial charge in [-0.3, -0.25) is 9.78 Å². The van der Waals surface area contributed by atoms with E-state index in [0.29, 0.717) is 41.7 Å². The molecule has 1 fully saturated rings. The highest BCUT2D eigenvalue weighted by Crippen LogP contribution is 2.36. The lowest BCUT2D eigenvalue weighted by molar-refractivity contribution is -0.148. The maximum atomic E-state index is 13.4. The zero-order chi connectivity index (χ0) is 28.1. The van der Waals surface area contributed by atoms with Gasteiger partial charge < -0.3 is 19.1 Å². The number of piperidine rings is 1. The van der Waals surface area contributed by atoms with Crippen LogP contribution in [0.25, 0.3) is 10.9 Å². The van der Waals surface area contributed by atoms with Crippen LogP contribution in [0.4, 0.5) is 18.9 Å². The molecule has 1 amide bonds. The van der Waals surface area contributed by atoms with Gasteiger partial charge in [-0.15, -0.1) is 10.2 Å². The normalized spacial score (nSPS) is 21.8. The molecule has 2 aliphatic rings. The number of amides is 1. The minimum absolute atomic E-state index is 0.0296. The molecule has 3 aromatic rings. The summed E-state index contributed by atoms with van der Waals surface area (Å²) in [7, 11) is -2.61. The van der Waals surface area contributed by atoms with Crippen LogP contribution in [0.1, 0.15) is 34.7 Å². The molecule has 1 aromatic carbocycles. The van der Waals surface area contributed by atoms with Gasteiger partial charge >= 0.3 is 6.18 Å². The molecule has 0 aliphatic carbocycles. The molecule has 9 nitrogen and oxygen atoms in total. The Bertz CT molecular complexity index is 1470. The number of nitriles is 1. The number of halogens is 3. The van der Waals surface area contributed by atoms with E-state index in [1.807, 2.05) is 11.8 Å². The monoisotopic (exact) mass is 502 g/mol. The van der Waals surface area contributed by atoms with Crippen molar-refractivity contribution in [2.24, 2.45) is 11.8 Å². The van der Waals surface area contributed by atoms with Gasteiger partial charge in [0.05, 0.1) is 34.5 Å². The van der Waals surface area contributed by atoms with E-state index >= 15 is 0 Å². The number of fused-ring (bicyclic) bond motifs is 2. The lowest BCUT2D eigenvalue weighted by Crippen LogP contribution is -2.49. The van der Waals surface area contributed by atoms with Crippen molar-refractivity contribution in [1.29, 1.82) is 5.26 Å². The average Bonchev–Trinajstić information content (AvgIpc) is 3.30. The van der Waals surface area contributed by atoms with Crippen LogP contribution in [0.2, 0.25) is 0 Å². The smallest absolute Gasteiger partial charge is 0.451 e. The maximum absolute atomic E-state index is 13.4. The SMILES string of the molecule is [2H]C([2H])([2H])Oc1ccc2c(N3CC[C@H](C(=O)N4CCn5c(nnc5C(F)(F)F)C4)[C@H](C)C3)c(C#N)cnc2c1. The number of rotatable bonds is 3. The van der Waals surface area contributed by atoms with E-state index in [0.717, 1.165) is 4.57 Å². The average molecular weight is 503 g/mol. The summed E-state index contributed by atoms with van der Waals surface area (Å²) in [5.41, 5.74) is 1.46. The summed E-state index contributed by atoms with van der Waals surface area (Å²) < 4.78 is 67.4. The van der Waals surface area contributed by atoms with Crippen LogP contribution < -0.4 is 9.64 Å². The van der Waals surface area contributed by atoms with Crippen LogP contribution in [0.15, 0.2) is 24.4 Å². The van der Waals surface area contributed by atoms with Gasteiger partial charge in [0, 0.05) is 49.7 Å². The molecule has 0 saturated carbocycles. The maximum Gasteiger partial charge on any atom is 0.451 e. The second-order valence-electron chi connectivity index (χ2n) is 9.08. The van der Waals surface area contributed by atoms with Crippen molar-refractivity contribution in [3.8, 4) is 11.8 Å². The fraction of sp³-hybridized carbons (Fsp3) is 0.458. The van der Waals surface area contributed by atoms with Gasteiger partial charge in [0.1, 0.15) is 11.8 Å². The molecular formula is C24H24F3N7O2. The zero-order valence-corrected chi connectivity index (χ0v) is 19.3. The molecule has 0 unspecified atom stereocenters. The number of nitrogens with zero attached hydrogens (tertiary/aromatic N) is 7. The minimum atomic E-state index is -4.61. The van der Waals surface area contributed by atoms with Gasteiger partial charge in [-0.05, 0) is 24.5 Å². The number of pyridine rings is 1. The first-order valence-corrected chi connectivity index (χ1v) is 11.4. The molecule has 0 radical (unpaired) electrons. The first-order valence-electron chi connectivity index (χ1n) is 12.9. The molecule has 188 valence electrons. The van der Waals surface area contributed by atoms with Crippen LogP contribution in [-0.4, -0.2) is 57.2 Å². The Morgan fingerprint density at radius 1 is 1.28 bits per heavy atom. The van der Waals surface area contributed by atoms with E-state index in [1.54, 1.807) is 6.07 Å². The molecular weight excluding hydrogens is 475 g/mol. The number of carbonyl (C=O) groups excluding carboxylic acids is 1. The fourth-order valence-electron chi connectivity index (χ4n) is 5.15. The number of carbonyl (C=O) groups is 1. The molecule has 5 rings (SSSR count). The van der Waals surface area contributed by atoms with E-state index < -0.39 is 19.0 Å². The topological polar surface area (TPSA) is 100 Å². The summed E-state index contributed by atoms with van der Waals surface area (Å²) in [6.07, 6.45) is -2.70. The second kappa shape index (κ2) is 8.96. The van der Waals surface area contributed by atoms with Gasteiger partial charge in [0.2, 0.25) is 11.7 Å². The minimum Gasteiger partial charge on any atom is -0.497 e. The molecule has 4 heterocycles. The van der Waals surface area contributed by atoms with Gasteiger partial charge in [-0.1, -0.05) is 6.92 Å². The Kier molecular flexibility index (Phi) is 5.06. The summed E-state index contributed by atoms with van der Waals surface area (Å²) in [4.78, 5) is 21.3. The highest BCUT2D eigenvalue weighted by atomic mass is 19.4. The lowest BCUT2D eigenvalue weighted by Gasteiger charge is -2.40. The molecule has 0 bridgehead atoms. The molecule has 2 aromatic heterocycles. The molecule has 2 aliphatic heterocycles. The second-order valence-corrected chi connectivity index (χ2v) is 9.08. The predicted molar refractivity (Wildman–Crippen MR) is 123 cm³/mol. The summed E-state index contributed by atoms with van der Waals surface area (Å²) >= 11 is 0. The van der Waals surface area contributed by atoms with Crippen molar-refractivity contribution in [2.75, 3.05) is 31.6 Å². The Balaban J connectivity index is 1.33. The van der Waals surface area contributed by atoms with Crippen molar-refractivity contribution in [2.45, 2.75) is 32.6 Å². The first-order chi connectivity index (χ1) is 18.4. The molecule has 36 heavy (non-hydrogen) atoms. The van der Waals surface area contributed by atoms with E-state index in [-0.39, 0.29) is 49.0 Å². The van der Waals surface area contributed by atoms with Crippen LogP contribution in [-0.2, 0) is 24.1 Å². The third-order valence-corrected chi connectivity index (χ3v) is 6.91. The summed E-state index contributed by atoms with van der Waals surface area (Å²) in [6, 6.07) is 6.85. The molecule has 12 heteroatoms. The van der Waals surface area contributed by atoms with Gasteiger partial charge in [0.15, 0.2) is 5.82 Å². The third kappa shape index (κ3) is 4.08. The van der Waals surface area contributed by atoms with E-state index in [1.165, 1.54) is 23.2 Å². The Morgan fingerprint density at radius 2 is 2.11 bits per heavy atom. The van der Waals surface area contributed by atoms with Gasteiger partial charge in [-0.2, -0.15) is 18.4 Å². The zero-order valence-electron chi connectivity index (χ0n) is 22.3. The Hall–Kier alpha value is -3.88. The van der Waals surface area contributed by atoms with Crippen molar-refractivity contribution in [3.63, 3.8) is 0 Å². The van der Waals surface area contributed by atoms with Crippen LogP contribution in [0, 0.1) is 23.2 Å². The molecule has 0 N–H and O–H groups in total. The van der Waals surface area contributed by atoms with Crippen molar-refractivity contribution in [1.82, 2.24) is 24.6 Å². The highest BCUT2D eigenvalue weighted by Gasteiger charge is 2.41. The molecule has 2 atom stereocenters. The number of alkyl halides is 3. The first kappa shape index (κ1) is 20.3. The number of benzene rings is 1. The molecule has 1 saturated heterocycles. The highest BCUT2D eigenvalue weighted by molar-refractivity contribution is 5.95. The predicted octanol–water partition coefficient (Wildman–Crippen LogP) is 3.23. The largest absolute Gasteiger partial charge is 0.497 e.